The molecule has 0 saturated carbocycles. The van der Waals surface area contributed by atoms with Crippen molar-refractivity contribution in [3.05, 3.63) is 39.9 Å². The van der Waals surface area contributed by atoms with Crippen LogP contribution in [-0.2, 0) is 20.7 Å². The van der Waals surface area contributed by atoms with Crippen molar-refractivity contribution in [1.29, 1.82) is 0 Å². The van der Waals surface area contributed by atoms with Crippen LogP contribution in [0.15, 0.2) is 23.6 Å². The predicted molar refractivity (Wildman–Crippen MR) is 103 cm³/mol. The van der Waals surface area contributed by atoms with Crippen LogP contribution >= 0.6 is 22.9 Å². The highest BCUT2D eigenvalue weighted by Crippen LogP contribution is 2.24. The molecule has 144 valence electrons. The van der Waals surface area contributed by atoms with Gasteiger partial charge < -0.3 is 14.8 Å². The number of anilines is 1. The van der Waals surface area contributed by atoms with Crippen molar-refractivity contribution >= 4 is 45.7 Å². The number of esters is 1. The van der Waals surface area contributed by atoms with Crippen LogP contribution in [0.1, 0.15) is 35.8 Å². The predicted octanol–water partition coefficient (Wildman–Crippen LogP) is 3.51. The van der Waals surface area contributed by atoms with E-state index in [1.165, 1.54) is 24.5 Å². The maximum atomic E-state index is 12.3. The molecule has 1 amide bonds. The van der Waals surface area contributed by atoms with E-state index in [2.05, 4.69) is 10.3 Å². The Bertz CT molecular complexity index is 837. The molecule has 1 aromatic heterocycles. The van der Waals surface area contributed by atoms with E-state index in [9.17, 15) is 14.4 Å². The molecule has 9 heteroatoms. The molecule has 2 rings (SSSR count). The van der Waals surface area contributed by atoms with Gasteiger partial charge in [-0.15, -0.1) is 11.3 Å². The molecule has 0 bridgehead atoms. The number of carbonyl (C=O) groups is 3. The number of thiazole rings is 1. The molecule has 0 spiro atoms. The second kappa shape index (κ2) is 10.0. The number of hydrogen-bond acceptors (Lipinski definition) is 7. The minimum Gasteiger partial charge on any atom is -0.496 e. The highest BCUT2D eigenvalue weighted by atomic mass is 35.5. The number of aromatic nitrogens is 1. The summed E-state index contributed by atoms with van der Waals surface area (Å²) in [6.45, 7) is 2.03. The molecule has 2 aromatic rings. The van der Waals surface area contributed by atoms with Crippen molar-refractivity contribution in [1.82, 2.24) is 4.98 Å². The van der Waals surface area contributed by atoms with Gasteiger partial charge in [-0.1, -0.05) is 11.6 Å². The first-order chi connectivity index (χ1) is 12.9. The Morgan fingerprint density at radius 1 is 1.26 bits per heavy atom. The second-order valence-electron chi connectivity index (χ2n) is 5.44. The summed E-state index contributed by atoms with van der Waals surface area (Å²) in [5.41, 5.74) is 0.859. The van der Waals surface area contributed by atoms with Gasteiger partial charge in [-0.2, -0.15) is 0 Å². The lowest BCUT2D eigenvalue weighted by atomic mass is 10.1. The Labute approximate surface area is 165 Å². The maximum Gasteiger partial charge on any atom is 0.311 e. The molecule has 1 aromatic carbocycles. The lowest BCUT2D eigenvalue weighted by Gasteiger charge is -2.08. The van der Waals surface area contributed by atoms with E-state index in [0.29, 0.717) is 33.8 Å². The van der Waals surface area contributed by atoms with Crippen molar-refractivity contribution in [2.75, 3.05) is 19.0 Å². The topological polar surface area (TPSA) is 94.6 Å². The van der Waals surface area contributed by atoms with Gasteiger partial charge in [0.2, 0.25) is 5.91 Å². The molecule has 0 radical (unpaired) electrons. The monoisotopic (exact) mass is 410 g/mol. The fourth-order valence-corrected chi connectivity index (χ4v) is 3.15. The number of ketones is 1. The molecule has 0 atom stereocenters. The van der Waals surface area contributed by atoms with Crippen LogP contribution in [0.3, 0.4) is 0 Å². The van der Waals surface area contributed by atoms with E-state index < -0.39 is 0 Å². The third-order valence-corrected chi connectivity index (χ3v) is 4.51. The molecule has 0 fully saturated rings. The van der Waals surface area contributed by atoms with E-state index in [0.717, 1.165) is 0 Å². The van der Waals surface area contributed by atoms with Crippen molar-refractivity contribution in [3.63, 3.8) is 0 Å². The lowest BCUT2D eigenvalue weighted by Crippen LogP contribution is -2.14. The van der Waals surface area contributed by atoms with Gasteiger partial charge in [-0.3, -0.25) is 14.4 Å². The highest BCUT2D eigenvalue weighted by molar-refractivity contribution is 7.13. The van der Waals surface area contributed by atoms with Gasteiger partial charge in [0.05, 0.1) is 31.4 Å². The number of carbonyl (C=O) groups excluding carboxylic acids is 3. The van der Waals surface area contributed by atoms with Crippen LogP contribution in [-0.4, -0.2) is 36.4 Å². The van der Waals surface area contributed by atoms with Gasteiger partial charge in [-0.25, -0.2) is 4.98 Å². The molecular formula is C18H19ClN2O5S. The summed E-state index contributed by atoms with van der Waals surface area (Å²) in [4.78, 5) is 40.0. The van der Waals surface area contributed by atoms with Crippen molar-refractivity contribution < 1.29 is 23.9 Å². The Balaban J connectivity index is 1.88. The number of amides is 1. The first-order valence-corrected chi connectivity index (χ1v) is 9.45. The standard InChI is InChI=1S/C18H19ClN2O5S/c1-3-26-17(24)9-12-10-27-18(20-12)21-16(23)7-5-14(22)13-8-11(19)4-6-15(13)25-2/h4,6,8,10H,3,5,7,9H2,1-2H3,(H,20,21,23). The van der Waals surface area contributed by atoms with Gasteiger partial charge in [0.1, 0.15) is 5.75 Å². The molecule has 0 aliphatic heterocycles. The van der Waals surface area contributed by atoms with Crippen LogP contribution in [0.2, 0.25) is 5.02 Å². The van der Waals surface area contributed by atoms with Crippen LogP contribution in [0.4, 0.5) is 5.13 Å². The molecule has 0 saturated heterocycles. The van der Waals surface area contributed by atoms with Gasteiger partial charge in [0.15, 0.2) is 10.9 Å². The summed E-state index contributed by atoms with van der Waals surface area (Å²) in [6, 6.07) is 4.75. The first kappa shape index (κ1) is 20.9. The fourth-order valence-electron chi connectivity index (χ4n) is 2.25. The summed E-state index contributed by atoms with van der Waals surface area (Å²) in [5, 5.41) is 5.08. The quantitative estimate of drug-likeness (QED) is 0.502. The first-order valence-electron chi connectivity index (χ1n) is 8.19. The number of halogens is 1. The molecule has 27 heavy (non-hydrogen) atoms. The zero-order valence-electron chi connectivity index (χ0n) is 14.9. The maximum absolute atomic E-state index is 12.3. The van der Waals surface area contributed by atoms with Crippen LogP contribution in [0.25, 0.3) is 0 Å². The highest BCUT2D eigenvalue weighted by Gasteiger charge is 2.16. The van der Waals surface area contributed by atoms with E-state index in [-0.39, 0.29) is 36.9 Å². The fraction of sp³-hybridized carbons (Fsp3) is 0.333. The summed E-state index contributed by atoms with van der Waals surface area (Å²) in [6.07, 6.45) is 0.0398. The number of nitrogens with zero attached hydrogens (tertiary/aromatic N) is 1. The zero-order chi connectivity index (χ0) is 19.8. The molecule has 0 unspecified atom stereocenters. The number of Topliss-reactive ketones (excluding diaryl/α,β-unsaturated/α-hetero) is 1. The third-order valence-electron chi connectivity index (χ3n) is 3.47. The molecule has 7 nitrogen and oxygen atoms in total. The van der Waals surface area contributed by atoms with Gasteiger partial charge in [-0.05, 0) is 25.1 Å². The smallest absolute Gasteiger partial charge is 0.311 e. The van der Waals surface area contributed by atoms with Crippen molar-refractivity contribution in [2.45, 2.75) is 26.2 Å². The van der Waals surface area contributed by atoms with E-state index in [1.54, 1.807) is 24.4 Å². The number of benzene rings is 1. The largest absolute Gasteiger partial charge is 0.496 e. The number of nitrogens with one attached hydrogen (secondary N) is 1. The summed E-state index contributed by atoms with van der Waals surface area (Å²) < 4.78 is 10.0. The van der Waals surface area contributed by atoms with Gasteiger partial charge >= 0.3 is 5.97 Å². The average molecular weight is 411 g/mol. The number of methoxy groups -OCH3 is 1. The minimum absolute atomic E-state index is 0.00357. The van der Waals surface area contributed by atoms with Gasteiger partial charge in [0.25, 0.3) is 0 Å². The van der Waals surface area contributed by atoms with Crippen molar-refractivity contribution in [2.24, 2.45) is 0 Å². The summed E-state index contributed by atoms with van der Waals surface area (Å²) >= 11 is 7.12. The van der Waals surface area contributed by atoms with Crippen molar-refractivity contribution in [3.8, 4) is 5.75 Å². The molecule has 1 heterocycles. The van der Waals surface area contributed by atoms with E-state index in [1.807, 2.05) is 0 Å². The molecule has 0 aliphatic rings. The number of rotatable bonds is 9. The third kappa shape index (κ3) is 6.33. The second-order valence-corrected chi connectivity index (χ2v) is 6.74. The van der Waals surface area contributed by atoms with E-state index in [4.69, 9.17) is 21.1 Å². The van der Waals surface area contributed by atoms with Crippen LogP contribution in [0.5, 0.6) is 5.75 Å². The number of ether oxygens (including phenoxy) is 2. The number of hydrogen-bond donors (Lipinski definition) is 1. The Morgan fingerprint density at radius 2 is 2.04 bits per heavy atom. The van der Waals surface area contributed by atoms with E-state index >= 15 is 0 Å². The minimum atomic E-state index is -0.373. The lowest BCUT2D eigenvalue weighted by molar-refractivity contribution is -0.142. The SMILES string of the molecule is CCOC(=O)Cc1csc(NC(=O)CCC(=O)c2cc(Cl)ccc2OC)n1. The van der Waals surface area contributed by atoms with Crippen LogP contribution < -0.4 is 10.1 Å². The normalized spacial score (nSPS) is 10.3. The molecule has 1 N–H and O–H groups in total. The molecule has 0 aliphatic carbocycles. The Morgan fingerprint density at radius 3 is 2.74 bits per heavy atom. The average Bonchev–Trinajstić information content (AvgIpc) is 3.06. The van der Waals surface area contributed by atoms with Gasteiger partial charge in [0, 0.05) is 23.2 Å². The summed E-state index contributed by atoms with van der Waals surface area (Å²) in [7, 11) is 1.46. The Kier molecular flexibility index (Phi) is 7.75. The summed E-state index contributed by atoms with van der Waals surface area (Å²) in [5.74, 6) is -0.553. The van der Waals surface area contributed by atoms with Crippen LogP contribution in [0, 0.1) is 0 Å². The zero-order valence-corrected chi connectivity index (χ0v) is 16.5. The molecular weight excluding hydrogens is 392 g/mol. The Hall–Kier alpha value is -2.45.